The van der Waals surface area contributed by atoms with Gasteiger partial charge in [-0.3, -0.25) is 0 Å². The molecule has 10 atom stereocenters. The molecule has 2 fully saturated rings. The van der Waals surface area contributed by atoms with Crippen LogP contribution in [0.2, 0.25) is 0 Å². The molecule has 1 aromatic rings. The number of carbonyl (C=O) groups is 2. The van der Waals surface area contributed by atoms with Gasteiger partial charge in [-0.2, -0.15) is 0 Å². The van der Waals surface area contributed by atoms with E-state index >= 15 is 0 Å². The second kappa shape index (κ2) is 11.9. The molecule has 0 unspecified atom stereocenters. The molecule has 2 aliphatic heterocycles. The molecule has 39 heavy (non-hydrogen) atoms. The van der Waals surface area contributed by atoms with Crippen molar-refractivity contribution in [3.05, 3.63) is 41.7 Å². The quantitative estimate of drug-likeness (QED) is 0.182. The summed E-state index contributed by atoms with van der Waals surface area (Å²) in [6, 6.07) is 4.38. The fourth-order valence-corrected chi connectivity index (χ4v) is 5.24. The minimum atomic E-state index is -1.72. The van der Waals surface area contributed by atoms with Crippen molar-refractivity contribution in [1.82, 2.24) is 0 Å². The lowest BCUT2D eigenvalue weighted by Gasteiger charge is -2.44. The third kappa shape index (κ3) is 5.88. The average Bonchev–Trinajstić information content (AvgIpc) is 3.21. The lowest BCUT2D eigenvalue weighted by molar-refractivity contribution is -0.343. The molecular weight excluding hydrogens is 520 g/mol. The van der Waals surface area contributed by atoms with E-state index in [1.54, 1.807) is 6.92 Å². The number of benzene rings is 1. The number of phenols is 1. The summed E-state index contributed by atoms with van der Waals surface area (Å²) in [6.45, 7) is 1.04. The molecule has 0 amide bonds. The minimum Gasteiger partial charge on any atom is -0.504 e. The monoisotopic (exact) mass is 552 g/mol. The van der Waals surface area contributed by atoms with Gasteiger partial charge in [0.1, 0.15) is 18.3 Å². The number of fused-ring (bicyclic) bond motifs is 1. The summed E-state index contributed by atoms with van der Waals surface area (Å²) in [5.74, 6) is -3.66. The van der Waals surface area contributed by atoms with Crippen molar-refractivity contribution in [3.63, 3.8) is 0 Å². The maximum absolute atomic E-state index is 12.7. The summed E-state index contributed by atoms with van der Waals surface area (Å²) in [7, 11) is 1.37. The molecule has 3 aliphatic rings. The molecule has 13 nitrogen and oxygen atoms in total. The van der Waals surface area contributed by atoms with Crippen LogP contribution in [0.1, 0.15) is 18.9 Å². The average molecular weight is 553 g/mol. The van der Waals surface area contributed by atoms with Crippen molar-refractivity contribution in [1.29, 1.82) is 0 Å². The van der Waals surface area contributed by atoms with Gasteiger partial charge in [0, 0.05) is 17.9 Å². The number of aliphatic carboxylic acids is 1. The van der Waals surface area contributed by atoms with Gasteiger partial charge < -0.3 is 54.3 Å². The number of carboxylic acids is 1. The number of aromatic hydroxyl groups is 1. The van der Waals surface area contributed by atoms with Crippen LogP contribution < -0.4 is 4.74 Å². The van der Waals surface area contributed by atoms with Crippen molar-refractivity contribution in [3.8, 4) is 11.5 Å². The lowest BCUT2D eigenvalue weighted by atomic mass is 9.83. The molecular formula is C26H32O13. The zero-order valence-corrected chi connectivity index (χ0v) is 21.2. The molecule has 0 aromatic heterocycles. The van der Waals surface area contributed by atoms with Crippen LogP contribution >= 0.6 is 0 Å². The highest BCUT2D eigenvalue weighted by Gasteiger charge is 2.54. The number of phenolic OH excluding ortho intramolecular Hbond substituents is 1. The summed E-state index contributed by atoms with van der Waals surface area (Å²) in [6.07, 6.45) is -6.07. The van der Waals surface area contributed by atoms with Crippen molar-refractivity contribution in [2.24, 2.45) is 17.8 Å². The van der Waals surface area contributed by atoms with E-state index in [1.165, 1.54) is 31.4 Å². The molecule has 214 valence electrons. The summed E-state index contributed by atoms with van der Waals surface area (Å²) >= 11 is 0. The molecule has 6 N–H and O–H groups in total. The van der Waals surface area contributed by atoms with Crippen LogP contribution in [-0.4, -0.2) is 99.4 Å². The Morgan fingerprint density at radius 3 is 2.56 bits per heavy atom. The number of aliphatic hydroxyl groups excluding tert-OH is 4. The van der Waals surface area contributed by atoms with Crippen molar-refractivity contribution >= 4 is 18.0 Å². The Morgan fingerprint density at radius 1 is 1.15 bits per heavy atom. The number of aliphatic hydroxyl groups is 4. The molecule has 1 saturated heterocycles. The molecule has 1 saturated carbocycles. The molecule has 0 bridgehead atoms. The van der Waals surface area contributed by atoms with E-state index in [-0.39, 0.29) is 23.5 Å². The van der Waals surface area contributed by atoms with Crippen molar-refractivity contribution < 1.29 is 63.9 Å². The van der Waals surface area contributed by atoms with Crippen molar-refractivity contribution in [2.75, 3.05) is 13.7 Å². The first-order chi connectivity index (χ1) is 18.5. The maximum Gasteiger partial charge on any atom is 0.334 e. The van der Waals surface area contributed by atoms with Crippen LogP contribution in [0.3, 0.4) is 0 Å². The van der Waals surface area contributed by atoms with E-state index in [0.29, 0.717) is 5.56 Å². The maximum atomic E-state index is 12.7. The molecule has 1 aliphatic carbocycles. The predicted molar refractivity (Wildman–Crippen MR) is 130 cm³/mol. The van der Waals surface area contributed by atoms with Gasteiger partial charge in [0.05, 0.1) is 31.7 Å². The van der Waals surface area contributed by atoms with E-state index in [1.807, 2.05) is 0 Å². The highest BCUT2D eigenvalue weighted by Crippen LogP contribution is 2.47. The van der Waals surface area contributed by atoms with E-state index in [2.05, 4.69) is 0 Å². The van der Waals surface area contributed by atoms with E-state index in [9.17, 15) is 40.2 Å². The topological polar surface area (TPSA) is 202 Å². The highest BCUT2D eigenvalue weighted by atomic mass is 16.8. The number of ether oxygens (including phenoxy) is 5. The highest BCUT2D eigenvalue weighted by molar-refractivity contribution is 5.87. The van der Waals surface area contributed by atoms with Gasteiger partial charge in [-0.15, -0.1) is 0 Å². The first-order valence-corrected chi connectivity index (χ1v) is 12.4. The molecule has 13 heteroatoms. The van der Waals surface area contributed by atoms with Crippen LogP contribution in [0.25, 0.3) is 6.08 Å². The van der Waals surface area contributed by atoms with Crippen LogP contribution in [0.4, 0.5) is 0 Å². The van der Waals surface area contributed by atoms with Gasteiger partial charge >= 0.3 is 11.9 Å². The zero-order chi connectivity index (χ0) is 28.4. The van der Waals surface area contributed by atoms with E-state index in [4.69, 9.17) is 23.7 Å². The first-order valence-electron chi connectivity index (χ1n) is 12.4. The van der Waals surface area contributed by atoms with Crippen LogP contribution in [-0.2, 0) is 28.5 Å². The molecule has 0 radical (unpaired) electrons. The SMILES string of the molecule is COc1cc(C=CC(=O)O[C@H]2[C@H](O[C@@H]3OC=C(C(=O)O)[C@H]4C[C@H](O)[C@H](C)[C@@H]34)O[C@H](CO)[C@@H](O)[C@@H]2O)ccc1O. The second-order valence-corrected chi connectivity index (χ2v) is 9.74. The van der Waals surface area contributed by atoms with Crippen LogP contribution in [0.15, 0.2) is 36.1 Å². The summed E-state index contributed by atoms with van der Waals surface area (Å²) < 4.78 is 27.5. The Hall–Kier alpha value is -3.20. The minimum absolute atomic E-state index is 0.0181. The number of rotatable bonds is 8. The Balaban J connectivity index is 1.54. The largest absolute Gasteiger partial charge is 0.504 e. The molecule has 0 spiro atoms. The Labute approximate surface area is 223 Å². The van der Waals surface area contributed by atoms with Gasteiger partial charge in [0.25, 0.3) is 0 Å². The fourth-order valence-electron chi connectivity index (χ4n) is 5.24. The van der Waals surface area contributed by atoms with Crippen LogP contribution in [0, 0.1) is 17.8 Å². The Bertz CT molecular complexity index is 1120. The molecule has 2 heterocycles. The number of carbonyl (C=O) groups excluding carboxylic acids is 1. The summed E-state index contributed by atoms with van der Waals surface area (Å²) in [4.78, 5) is 24.4. The lowest BCUT2D eigenvalue weighted by Crippen LogP contribution is -2.61. The second-order valence-electron chi connectivity index (χ2n) is 9.74. The third-order valence-electron chi connectivity index (χ3n) is 7.42. The van der Waals surface area contributed by atoms with Crippen molar-refractivity contribution in [2.45, 2.75) is 56.4 Å². The van der Waals surface area contributed by atoms with Gasteiger partial charge in [-0.1, -0.05) is 13.0 Å². The van der Waals surface area contributed by atoms with Gasteiger partial charge in [0.15, 0.2) is 17.6 Å². The summed E-state index contributed by atoms with van der Waals surface area (Å²) in [5.41, 5.74) is 0.474. The van der Waals surface area contributed by atoms with E-state index < -0.39 is 79.4 Å². The van der Waals surface area contributed by atoms with Gasteiger partial charge in [0.2, 0.25) is 12.6 Å². The number of hydrogen-bond acceptors (Lipinski definition) is 12. The number of carboxylic acid groups (broad SMARTS) is 1. The van der Waals surface area contributed by atoms with E-state index in [0.717, 1.165) is 12.3 Å². The zero-order valence-electron chi connectivity index (χ0n) is 21.2. The number of hydrogen-bond donors (Lipinski definition) is 6. The number of esters is 1. The predicted octanol–water partition coefficient (Wildman–Crippen LogP) is -0.261. The van der Waals surface area contributed by atoms with Crippen LogP contribution in [0.5, 0.6) is 11.5 Å². The normalized spacial score (nSPS) is 36.1. The summed E-state index contributed by atoms with van der Waals surface area (Å²) in [5, 5.41) is 60.4. The fraction of sp³-hybridized carbons (Fsp3) is 0.538. The third-order valence-corrected chi connectivity index (χ3v) is 7.42. The smallest absolute Gasteiger partial charge is 0.334 e. The number of methoxy groups -OCH3 is 1. The van der Waals surface area contributed by atoms with Gasteiger partial charge in [-0.05, 0) is 36.1 Å². The Morgan fingerprint density at radius 2 is 1.90 bits per heavy atom. The Kier molecular flexibility index (Phi) is 8.79. The first kappa shape index (κ1) is 28.8. The molecule has 1 aromatic carbocycles. The molecule has 4 rings (SSSR count). The standard InChI is InChI=1S/C26H32O13/c1-11-16(29)8-13-14(24(33)34)10-36-25(20(11)13)39-26-23(22(32)21(31)18(9-27)37-26)38-19(30)6-4-12-3-5-15(28)17(7-12)35-2/h3-7,10-11,13,16,18,20-23,25-29,31-32H,8-9H2,1-2H3,(H,33,34)/t11-,13+,16-,18+,20+,21+,22-,23+,25-,26-/m0/s1. The van der Waals surface area contributed by atoms with Gasteiger partial charge in [-0.25, -0.2) is 9.59 Å².